The van der Waals surface area contributed by atoms with Gasteiger partial charge >= 0.3 is 0 Å². The zero-order chi connectivity index (χ0) is 13.3. The SMILES string of the molecule is CN(C)C(=O)CN1CNc2cc(Br)ccc2C1=O. The van der Waals surface area contributed by atoms with E-state index in [1.165, 1.54) is 9.80 Å². The lowest BCUT2D eigenvalue weighted by Gasteiger charge is -2.30. The highest BCUT2D eigenvalue weighted by atomic mass is 79.9. The number of hydrogen-bond donors (Lipinski definition) is 1. The topological polar surface area (TPSA) is 52.7 Å². The van der Waals surface area contributed by atoms with Crippen molar-refractivity contribution < 1.29 is 9.59 Å². The van der Waals surface area contributed by atoms with Crippen LogP contribution in [0.5, 0.6) is 0 Å². The molecular weight excluding hydrogens is 298 g/mol. The summed E-state index contributed by atoms with van der Waals surface area (Å²) in [6.45, 7) is 0.441. The fraction of sp³-hybridized carbons (Fsp3) is 0.333. The molecular formula is C12H14BrN3O2. The van der Waals surface area contributed by atoms with Crippen LogP contribution < -0.4 is 5.32 Å². The number of nitrogens with one attached hydrogen (secondary N) is 1. The van der Waals surface area contributed by atoms with E-state index in [-0.39, 0.29) is 18.4 Å². The Balaban J connectivity index is 2.18. The van der Waals surface area contributed by atoms with E-state index in [1.54, 1.807) is 20.2 Å². The fourth-order valence-corrected chi connectivity index (χ4v) is 2.07. The van der Waals surface area contributed by atoms with Crippen LogP contribution in [0.2, 0.25) is 0 Å². The van der Waals surface area contributed by atoms with E-state index in [2.05, 4.69) is 21.2 Å². The van der Waals surface area contributed by atoms with Crippen molar-refractivity contribution in [1.29, 1.82) is 0 Å². The molecule has 0 unspecified atom stereocenters. The molecule has 2 rings (SSSR count). The maximum Gasteiger partial charge on any atom is 0.257 e. The molecule has 0 fully saturated rings. The highest BCUT2D eigenvalue weighted by Crippen LogP contribution is 2.25. The van der Waals surface area contributed by atoms with Crippen molar-refractivity contribution in [3.8, 4) is 0 Å². The third-order valence-electron chi connectivity index (χ3n) is 2.78. The quantitative estimate of drug-likeness (QED) is 0.897. The Labute approximate surface area is 114 Å². The van der Waals surface area contributed by atoms with Crippen LogP contribution in [0.25, 0.3) is 0 Å². The molecule has 1 aromatic rings. The van der Waals surface area contributed by atoms with Crippen LogP contribution in [-0.4, -0.2) is 48.9 Å². The average Bonchev–Trinajstić information content (AvgIpc) is 2.32. The van der Waals surface area contributed by atoms with Crippen LogP contribution in [0.15, 0.2) is 22.7 Å². The molecule has 1 aromatic carbocycles. The minimum absolute atomic E-state index is 0.0916. The van der Waals surface area contributed by atoms with Gasteiger partial charge in [0, 0.05) is 24.3 Å². The van der Waals surface area contributed by atoms with E-state index in [9.17, 15) is 9.59 Å². The van der Waals surface area contributed by atoms with Gasteiger partial charge in [0.1, 0.15) is 6.54 Å². The number of carbonyl (C=O) groups excluding carboxylic acids is 2. The summed E-state index contributed by atoms with van der Waals surface area (Å²) >= 11 is 3.36. The molecule has 5 nitrogen and oxygen atoms in total. The molecule has 0 spiro atoms. The highest BCUT2D eigenvalue weighted by molar-refractivity contribution is 9.10. The van der Waals surface area contributed by atoms with Gasteiger partial charge in [-0.15, -0.1) is 0 Å². The number of likely N-dealkylation sites (N-methyl/N-ethyl adjacent to an activating group) is 1. The van der Waals surface area contributed by atoms with E-state index in [1.807, 2.05) is 12.1 Å². The minimum atomic E-state index is -0.119. The van der Waals surface area contributed by atoms with Crippen LogP contribution in [0.3, 0.4) is 0 Å². The lowest BCUT2D eigenvalue weighted by atomic mass is 10.1. The lowest BCUT2D eigenvalue weighted by Crippen LogP contribution is -2.45. The number of nitrogens with zero attached hydrogens (tertiary/aromatic N) is 2. The Morgan fingerprint density at radius 2 is 2.22 bits per heavy atom. The normalized spacial score (nSPS) is 13.9. The number of halogens is 1. The molecule has 2 amide bonds. The summed E-state index contributed by atoms with van der Waals surface area (Å²) in [6, 6.07) is 5.43. The van der Waals surface area contributed by atoms with Crippen molar-refractivity contribution in [2.75, 3.05) is 32.6 Å². The number of carbonyl (C=O) groups is 2. The molecule has 1 N–H and O–H groups in total. The number of anilines is 1. The number of amides is 2. The Kier molecular flexibility index (Phi) is 3.56. The van der Waals surface area contributed by atoms with E-state index in [0.29, 0.717) is 12.2 Å². The minimum Gasteiger partial charge on any atom is -0.367 e. The number of benzene rings is 1. The number of hydrogen-bond acceptors (Lipinski definition) is 3. The number of rotatable bonds is 2. The van der Waals surface area contributed by atoms with Crippen molar-refractivity contribution in [3.63, 3.8) is 0 Å². The summed E-state index contributed by atoms with van der Waals surface area (Å²) in [5.41, 5.74) is 1.39. The van der Waals surface area contributed by atoms with Gasteiger partial charge in [-0.1, -0.05) is 15.9 Å². The Hall–Kier alpha value is -1.56. The molecule has 1 heterocycles. The summed E-state index contributed by atoms with van der Waals surface area (Å²) in [6.07, 6.45) is 0. The largest absolute Gasteiger partial charge is 0.367 e. The Morgan fingerprint density at radius 3 is 2.89 bits per heavy atom. The fourth-order valence-electron chi connectivity index (χ4n) is 1.70. The average molecular weight is 312 g/mol. The monoisotopic (exact) mass is 311 g/mol. The molecule has 0 saturated heterocycles. The van der Waals surface area contributed by atoms with Gasteiger partial charge in [-0.25, -0.2) is 0 Å². The van der Waals surface area contributed by atoms with Gasteiger partial charge in [-0.3, -0.25) is 9.59 Å². The van der Waals surface area contributed by atoms with Crippen molar-refractivity contribution in [2.45, 2.75) is 0 Å². The maximum atomic E-state index is 12.2. The lowest BCUT2D eigenvalue weighted by molar-refractivity contribution is -0.129. The molecule has 0 aliphatic carbocycles. The van der Waals surface area contributed by atoms with Gasteiger partial charge in [0.05, 0.1) is 12.2 Å². The Bertz CT molecular complexity index is 502. The molecule has 0 aromatic heterocycles. The van der Waals surface area contributed by atoms with Gasteiger partial charge < -0.3 is 15.1 Å². The van der Waals surface area contributed by atoms with Gasteiger partial charge in [0.15, 0.2) is 0 Å². The molecule has 6 heteroatoms. The summed E-state index contributed by atoms with van der Waals surface area (Å²) in [7, 11) is 3.35. The molecule has 0 radical (unpaired) electrons. The zero-order valence-electron chi connectivity index (χ0n) is 10.2. The molecule has 1 aliphatic rings. The predicted molar refractivity (Wildman–Crippen MR) is 72.4 cm³/mol. The standard InChI is InChI=1S/C12H14BrN3O2/c1-15(2)11(17)6-16-7-14-10-5-8(13)3-4-9(10)12(16)18/h3-5,14H,6-7H2,1-2H3. The third-order valence-corrected chi connectivity index (χ3v) is 3.28. The van der Waals surface area contributed by atoms with Gasteiger partial charge in [-0.2, -0.15) is 0 Å². The smallest absolute Gasteiger partial charge is 0.257 e. The molecule has 0 saturated carbocycles. The third kappa shape index (κ3) is 2.48. The first-order valence-corrected chi connectivity index (χ1v) is 6.31. The van der Waals surface area contributed by atoms with Gasteiger partial charge in [-0.05, 0) is 18.2 Å². The van der Waals surface area contributed by atoms with Crippen LogP contribution in [0.4, 0.5) is 5.69 Å². The molecule has 1 aliphatic heterocycles. The van der Waals surface area contributed by atoms with E-state index >= 15 is 0 Å². The van der Waals surface area contributed by atoms with Crippen LogP contribution in [0, 0.1) is 0 Å². The summed E-state index contributed by atoms with van der Waals surface area (Å²) < 4.78 is 0.916. The van der Waals surface area contributed by atoms with E-state index in [0.717, 1.165) is 10.2 Å². The summed E-state index contributed by atoms with van der Waals surface area (Å²) in [4.78, 5) is 26.8. The van der Waals surface area contributed by atoms with Crippen molar-refractivity contribution in [2.24, 2.45) is 0 Å². The molecule has 0 atom stereocenters. The van der Waals surface area contributed by atoms with Crippen molar-refractivity contribution >= 4 is 33.4 Å². The summed E-state index contributed by atoms with van der Waals surface area (Å²) in [5.74, 6) is -0.211. The van der Waals surface area contributed by atoms with Crippen LogP contribution >= 0.6 is 15.9 Å². The van der Waals surface area contributed by atoms with Gasteiger partial charge in [0.25, 0.3) is 5.91 Å². The predicted octanol–water partition coefficient (Wildman–Crippen LogP) is 1.36. The highest BCUT2D eigenvalue weighted by Gasteiger charge is 2.25. The first-order chi connectivity index (χ1) is 8.49. The number of fused-ring (bicyclic) bond motifs is 1. The van der Waals surface area contributed by atoms with E-state index in [4.69, 9.17) is 0 Å². The molecule has 0 bridgehead atoms. The molecule has 18 heavy (non-hydrogen) atoms. The zero-order valence-corrected chi connectivity index (χ0v) is 11.8. The second-order valence-corrected chi connectivity index (χ2v) is 5.23. The van der Waals surface area contributed by atoms with Crippen molar-refractivity contribution in [1.82, 2.24) is 9.80 Å². The van der Waals surface area contributed by atoms with E-state index < -0.39 is 0 Å². The Morgan fingerprint density at radius 1 is 1.50 bits per heavy atom. The second-order valence-electron chi connectivity index (χ2n) is 4.32. The summed E-state index contributed by atoms with van der Waals surface area (Å²) in [5, 5.41) is 3.13. The van der Waals surface area contributed by atoms with Crippen LogP contribution in [0.1, 0.15) is 10.4 Å². The van der Waals surface area contributed by atoms with Crippen LogP contribution in [-0.2, 0) is 4.79 Å². The first-order valence-electron chi connectivity index (χ1n) is 5.52. The maximum absolute atomic E-state index is 12.2. The molecule has 96 valence electrons. The van der Waals surface area contributed by atoms with Gasteiger partial charge in [0.2, 0.25) is 5.91 Å². The second kappa shape index (κ2) is 4.97. The first kappa shape index (κ1) is 12.9. The van der Waals surface area contributed by atoms with Crippen molar-refractivity contribution in [3.05, 3.63) is 28.2 Å².